The molecule has 0 bridgehead atoms. The van der Waals surface area contributed by atoms with Crippen LogP contribution in [0.2, 0.25) is 0 Å². The van der Waals surface area contributed by atoms with Crippen LogP contribution in [0.4, 0.5) is 10.1 Å². The number of hydrogen-bond donors (Lipinski definition) is 2. The number of benzene rings is 1. The van der Waals surface area contributed by atoms with E-state index in [-0.39, 0.29) is 23.6 Å². The highest BCUT2D eigenvalue weighted by Gasteiger charge is 2.28. The van der Waals surface area contributed by atoms with Crippen LogP contribution < -0.4 is 10.6 Å². The van der Waals surface area contributed by atoms with Crippen molar-refractivity contribution in [2.75, 3.05) is 11.9 Å². The van der Waals surface area contributed by atoms with Gasteiger partial charge in [-0.05, 0) is 31.0 Å². The van der Waals surface area contributed by atoms with Gasteiger partial charge in [-0.3, -0.25) is 4.79 Å². The number of nitrogens with zero attached hydrogens (tertiary/aromatic N) is 4. The van der Waals surface area contributed by atoms with Crippen molar-refractivity contribution in [2.24, 2.45) is 0 Å². The minimum absolute atomic E-state index is 0.128. The van der Waals surface area contributed by atoms with Crippen molar-refractivity contribution in [1.29, 1.82) is 5.26 Å². The van der Waals surface area contributed by atoms with Gasteiger partial charge in [0.1, 0.15) is 5.82 Å². The van der Waals surface area contributed by atoms with Crippen LogP contribution in [0.25, 0.3) is 16.9 Å². The molecule has 1 aromatic carbocycles. The van der Waals surface area contributed by atoms with Gasteiger partial charge in [0, 0.05) is 6.54 Å². The second-order valence-corrected chi connectivity index (χ2v) is 6.77. The second kappa shape index (κ2) is 6.16. The van der Waals surface area contributed by atoms with Crippen molar-refractivity contribution in [3.8, 4) is 23.0 Å². The van der Waals surface area contributed by atoms with E-state index < -0.39 is 5.82 Å². The number of pyridine rings is 1. The van der Waals surface area contributed by atoms with Gasteiger partial charge >= 0.3 is 0 Å². The first-order valence-corrected chi connectivity index (χ1v) is 8.99. The van der Waals surface area contributed by atoms with E-state index in [1.165, 1.54) is 12.1 Å². The van der Waals surface area contributed by atoms with Gasteiger partial charge in [-0.15, -0.1) is 0 Å². The first-order chi connectivity index (χ1) is 13.7. The van der Waals surface area contributed by atoms with E-state index in [0.29, 0.717) is 22.6 Å². The number of aromatic nitrogens is 3. The lowest BCUT2D eigenvalue weighted by atomic mass is 10.0. The maximum atomic E-state index is 14.6. The van der Waals surface area contributed by atoms with Crippen LogP contribution in [0.15, 0.2) is 30.5 Å². The maximum Gasteiger partial charge on any atom is 0.255 e. The summed E-state index contributed by atoms with van der Waals surface area (Å²) in [6, 6.07) is 7.98. The Bertz CT molecular complexity index is 1150. The topological polar surface area (TPSA) is 95.6 Å². The quantitative estimate of drug-likeness (QED) is 0.719. The summed E-state index contributed by atoms with van der Waals surface area (Å²) in [5, 5.41) is 20.1. The van der Waals surface area contributed by atoms with Gasteiger partial charge in [-0.25, -0.2) is 14.1 Å². The predicted molar refractivity (Wildman–Crippen MR) is 99.4 cm³/mol. The van der Waals surface area contributed by atoms with Gasteiger partial charge in [-0.2, -0.15) is 10.4 Å². The lowest BCUT2D eigenvalue weighted by Crippen LogP contribution is -2.14. The van der Waals surface area contributed by atoms with Gasteiger partial charge in [-0.1, -0.05) is 6.07 Å². The van der Waals surface area contributed by atoms with Crippen LogP contribution in [0.3, 0.4) is 0 Å². The van der Waals surface area contributed by atoms with Gasteiger partial charge in [0.05, 0.1) is 64.0 Å². The number of amides is 1. The Kier molecular flexibility index (Phi) is 3.62. The summed E-state index contributed by atoms with van der Waals surface area (Å²) in [6.45, 7) is 1.13. The number of nitrogens with one attached hydrogen (secondary N) is 2. The summed E-state index contributed by atoms with van der Waals surface area (Å²) in [5.41, 5.74) is 3.96. The highest BCUT2D eigenvalue weighted by molar-refractivity contribution is 6.01. The number of hydrogen-bond acceptors (Lipinski definition) is 5. The molecule has 0 saturated heterocycles. The summed E-state index contributed by atoms with van der Waals surface area (Å²) in [5.74, 6) is -0.768. The molecule has 0 fully saturated rings. The van der Waals surface area contributed by atoms with E-state index >= 15 is 0 Å². The summed E-state index contributed by atoms with van der Waals surface area (Å²) in [7, 11) is 0. The Hall–Kier alpha value is -3.73. The Morgan fingerprint density at radius 3 is 2.93 bits per heavy atom. The SMILES string of the molecule is N#Cc1cccc(F)c1-c1cc(-n2cc3c(n2)CCCN3)c2c(n1)CNC2=O. The maximum absolute atomic E-state index is 14.6. The van der Waals surface area contributed by atoms with Gasteiger partial charge in [0.2, 0.25) is 0 Å². The van der Waals surface area contributed by atoms with Gasteiger partial charge < -0.3 is 10.6 Å². The number of aryl methyl sites for hydroxylation is 1. The molecule has 0 atom stereocenters. The molecule has 28 heavy (non-hydrogen) atoms. The van der Waals surface area contributed by atoms with Crippen molar-refractivity contribution < 1.29 is 9.18 Å². The van der Waals surface area contributed by atoms with Gasteiger partial charge in [0.25, 0.3) is 5.91 Å². The minimum atomic E-state index is -0.531. The second-order valence-electron chi connectivity index (χ2n) is 6.77. The molecule has 2 aromatic heterocycles. The number of rotatable bonds is 2. The van der Waals surface area contributed by atoms with Crippen molar-refractivity contribution in [3.63, 3.8) is 0 Å². The van der Waals surface area contributed by atoms with Crippen LogP contribution in [0.1, 0.15) is 33.7 Å². The van der Waals surface area contributed by atoms with Crippen LogP contribution in [0.5, 0.6) is 0 Å². The average Bonchev–Trinajstić information content (AvgIpc) is 3.31. The molecule has 0 radical (unpaired) electrons. The van der Waals surface area contributed by atoms with E-state index in [9.17, 15) is 14.4 Å². The minimum Gasteiger partial charge on any atom is -0.382 e. The molecule has 0 saturated carbocycles. The fraction of sp³-hybridized carbons (Fsp3) is 0.200. The molecule has 0 unspecified atom stereocenters. The van der Waals surface area contributed by atoms with Crippen LogP contribution >= 0.6 is 0 Å². The summed E-state index contributed by atoms with van der Waals surface area (Å²) in [4.78, 5) is 16.9. The smallest absolute Gasteiger partial charge is 0.255 e. The van der Waals surface area contributed by atoms with E-state index in [0.717, 1.165) is 30.8 Å². The van der Waals surface area contributed by atoms with Crippen molar-refractivity contribution in [3.05, 3.63) is 58.8 Å². The molecule has 1 amide bonds. The number of nitriles is 1. The standard InChI is InChI=1S/C20H15FN6O/c21-12-4-1-3-11(8-22)18(12)14-7-17(19-15(25-14)9-24-20(19)28)27-10-16-13(26-27)5-2-6-23-16/h1,3-4,7,10,23H,2,5-6,9H2,(H,24,28). The summed E-state index contributed by atoms with van der Waals surface area (Å²) >= 11 is 0. The zero-order valence-electron chi connectivity index (χ0n) is 14.8. The third-order valence-electron chi connectivity index (χ3n) is 5.05. The first-order valence-electron chi connectivity index (χ1n) is 8.99. The molecule has 0 spiro atoms. The molecule has 2 aliphatic heterocycles. The van der Waals surface area contributed by atoms with Crippen LogP contribution in [0, 0.1) is 17.1 Å². The van der Waals surface area contributed by atoms with Crippen molar-refractivity contribution >= 4 is 11.6 Å². The number of halogens is 1. The Balaban J connectivity index is 1.75. The highest BCUT2D eigenvalue weighted by atomic mass is 19.1. The summed E-state index contributed by atoms with van der Waals surface area (Å²) < 4.78 is 16.2. The lowest BCUT2D eigenvalue weighted by Gasteiger charge is -2.11. The molecule has 0 aliphatic carbocycles. The fourth-order valence-electron chi connectivity index (χ4n) is 3.74. The largest absolute Gasteiger partial charge is 0.382 e. The van der Waals surface area contributed by atoms with E-state index in [2.05, 4.69) is 20.7 Å². The first kappa shape index (κ1) is 16.4. The lowest BCUT2D eigenvalue weighted by molar-refractivity contribution is 0.0965. The number of anilines is 1. The third-order valence-corrected chi connectivity index (χ3v) is 5.05. The number of carbonyl (C=O) groups excluding carboxylic acids is 1. The zero-order valence-corrected chi connectivity index (χ0v) is 14.8. The monoisotopic (exact) mass is 374 g/mol. The number of carbonyl (C=O) groups is 1. The Morgan fingerprint density at radius 2 is 2.11 bits per heavy atom. The molecule has 3 aromatic rings. The van der Waals surface area contributed by atoms with E-state index in [1.807, 2.05) is 12.3 Å². The fourth-order valence-corrected chi connectivity index (χ4v) is 3.74. The zero-order chi connectivity index (χ0) is 19.3. The third kappa shape index (κ3) is 2.44. The molecule has 2 aliphatic rings. The average molecular weight is 374 g/mol. The molecular weight excluding hydrogens is 359 g/mol. The van der Waals surface area contributed by atoms with Crippen molar-refractivity contribution in [2.45, 2.75) is 19.4 Å². The molecule has 138 valence electrons. The molecule has 8 heteroatoms. The molecular formula is C20H15FN6O. The van der Waals surface area contributed by atoms with Crippen molar-refractivity contribution in [1.82, 2.24) is 20.1 Å². The Labute approximate surface area is 159 Å². The van der Waals surface area contributed by atoms with Crippen LogP contribution in [-0.2, 0) is 13.0 Å². The molecule has 2 N–H and O–H groups in total. The van der Waals surface area contributed by atoms with Gasteiger partial charge in [0.15, 0.2) is 0 Å². The van der Waals surface area contributed by atoms with E-state index in [4.69, 9.17) is 0 Å². The number of fused-ring (bicyclic) bond motifs is 2. The predicted octanol–water partition coefficient (Wildman–Crippen LogP) is 2.55. The Morgan fingerprint density at radius 1 is 1.21 bits per heavy atom. The molecule has 7 nitrogen and oxygen atoms in total. The van der Waals surface area contributed by atoms with E-state index in [1.54, 1.807) is 16.8 Å². The molecule has 5 rings (SSSR count). The summed E-state index contributed by atoms with van der Waals surface area (Å²) in [6.07, 6.45) is 3.69. The highest BCUT2D eigenvalue weighted by Crippen LogP contribution is 2.32. The molecule has 4 heterocycles. The normalized spacial score (nSPS) is 14.6. The van der Waals surface area contributed by atoms with Crippen LogP contribution in [-0.4, -0.2) is 27.2 Å².